The van der Waals surface area contributed by atoms with Gasteiger partial charge in [-0.1, -0.05) is 25.5 Å². The normalized spacial score (nSPS) is 20.4. The highest BCUT2D eigenvalue weighted by Crippen LogP contribution is 2.26. The minimum atomic E-state index is -3.35. The molecule has 1 aromatic rings. The number of aryl methyl sites for hydroxylation is 1. The number of likely N-dealkylation sites (N-methyl/N-ethyl adjacent to an activating group) is 1. The Morgan fingerprint density at radius 2 is 2.00 bits per heavy atom. The topological polar surface area (TPSA) is 49.4 Å². The summed E-state index contributed by atoms with van der Waals surface area (Å²) in [6.07, 6.45) is 3.95. The summed E-state index contributed by atoms with van der Waals surface area (Å²) in [5.41, 5.74) is 1.19. The number of nitrogens with one attached hydrogen (secondary N) is 1. The summed E-state index contributed by atoms with van der Waals surface area (Å²) in [5.74, 6) is 0. The molecule has 20 heavy (non-hydrogen) atoms. The summed E-state index contributed by atoms with van der Waals surface area (Å²) in [6, 6.07) is 7.43. The van der Waals surface area contributed by atoms with Gasteiger partial charge in [-0.3, -0.25) is 0 Å². The van der Waals surface area contributed by atoms with Crippen molar-refractivity contribution >= 4 is 10.0 Å². The summed E-state index contributed by atoms with van der Waals surface area (Å²) >= 11 is 0. The Kier molecular flexibility index (Phi) is 5.18. The fourth-order valence-electron chi connectivity index (χ4n) is 2.82. The molecule has 5 heteroatoms. The van der Waals surface area contributed by atoms with Crippen molar-refractivity contribution in [3.05, 3.63) is 29.8 Å². The van der Waals surface area contributed by atoms with Crippen LogP contribution in [0.25, 0.3) is 0 Å². The molecule has 1 N–H and O–H groups in total. The molecule has 0 spiro atoms. The molecule has 0 aliphatic carbocycles. The van der Waals surface area contributed by atoms with E-state index in [-0.39, 0.29) is 6.04 Å². The number of nitrogens with zero attached hydrogens (tertiary/aromatic N) is 1. The van der Waals surface area contributed by atoms with Crippen LogP contribution in [0.15, 0.2) is 29.2 Å². The Labute approximate surface area is 122 Å². The maximum Gasteiger partial charge on any atom is 0.243 e. The SMILES string of the molecule is CCCc1ccc(S(=O)(=O)N2CCCC2CNC)cc1. The fraction of sp³-hybridized carbons (Fsp3) is 0.600. The van der Waals surface area contributed by atoms with E-state index in [1.165, 1.54) is 5.56 Å². The van der Waals surface area contributed by atoms with Crippen LogP contribution in [0, 0.1) is 0 Å². The van der Waals surface area contributed by atoms with Gasteiger partial charge in [0.2, 0.25) is 10.0 Å². The molecule has 4 nitrogen and oxygen atoms in total. The molecule has 2 rings (SSSR count). The summed E-state index contributed by atoms with van der Waals surface area (Å²) < 4.78 is 27.0. The van der Waals surface area contributed by atoms with Gasteiger partial charge in [-0.25, -0.2) is 8.42 Å². The van der Waals surface area contributed by atoms with E-state index in [4.69, 9.17) is 0 Å². The maximum atomic E-state index is 12.7. The van der Waals surface area contributed by atoms with E-state index < -0.39 is 10.0 Å². The van der Waals surface area contributed by atoms with Crippen LogP contribution >= 0.6 is 0 Å². The second-order valence-electron chi connectivity index (χ2n) is 5.36. The van der Waals surface area contributed by atoms with Crippen LogP contribution in [0.3, 0.4) is 0 Å². The van der Waals surface area contributed by atoms with E-state index in [1.54, 1.807) is 16.4 Å². The monoisotopic (exact) mass is 296 g/mol. The third kappa shape index (κ3) is 3.22. The molecule has 1 heterocycles. The minimum Gasteiger partial charge on any atom is -0.318 e. The van der Waals surface area contributed by atoms with Crippen LogP contribution in [-0.2, 0) is 16.4 Å². The van der Waals surface area contributed by atoms with E-state index in [1.807, 2.05) is 19.2 Å². The molecule has 0 radical (unpaired) electrons. The molecule has 1 aliphatic rings. The number of rotatable bonds is 6. The Morgan fingerprint density at radius 3 is 2.60 bits per heavy atom. The first-order valence-electron chi connectivity index (χ1n) is 7.35. The zero-order chi connectivity index (χ0) is 14.6. The molecule has 112 valence electrons. The minimum absolute atomic E-state index is 0.0836. The van der Waals surface area contributed by atoms with E-state index in [2.05, 4.69) is 12.2 Å². The summed E-state index contributed by atoms with van der Waals surface area (Å²) in [5, 5.41) is 3.08. The molecule has 0 saturated carbocycles. The highest BCUT2D eigenvalue weighted by atomic mass is 32.2. The average Bonchev–Trinajstić information content (AvgIpc) is 2.89. The first kappa shape index (κ1) is 15.5. The van der Waals surface area contributed by atoms with Crippen LogP contribution in [0.1, 0.15) is 31.7 Å². The van der Waals surface area contributed by atoms with Crippen molar-refractivity contribution in [3.8, 4) is 0 Å². The van der Waals surface area contributed by atoms with E-state index >= 15 is 0 Å². The van der Waals surface area contributed by atoms with Crippen molar-refractivity contribution < 1.29 is 8.42 Å². The lowest BCUT2D eigenvalue weighted by Crippen LogP contribution is -2.40. The van der Waals surface area contributed by atoms with Crippen LogP contribution in [0.2, 0.25) is 0 Å². The van der Waals surface area contributed by atoms with Crippen LogP contribution in [-0.4, -0.2) is 38.9 Å². The van der Waals surface area contributed by atoms with Gasteiger partial charge < -0.3 is 5.32 Å². The Morgan fingerprint density at radius 1 is 1.30 bits per heavy atom. The zero-order valence-corrected chi connectivity index (χ0v) is 13.1. The Balaban J connectivity index is 2.21. The van der Waals surface area contributed by atoms with Gasteiger partial charge in [0, 0.05) is 19.1 Å². The van der Waals surface area contributed by atoms with Crippen LogP contribution < -0.4 is 5.32 Å². The second kappa shape index (κ2) is 6.70. The Bertz CT molecular complexity index is 525. The molecule has 0 bridgehead atoms. The summed E-state index contributed by atoms with van der Waals surface area (Å²) in [4.78, 5) is 0.417. The van der Waals surface area contributed by atoms with Crippen molar-refractivity contribution in [1.82, 2.24) is 9.62 Å². The number of sulfonamides is 1. The molecule has 1 atom stereocenters. The largest absolute Gasteiger partial charge is 0.318 e. The lowest BCUT2D eigenvalue weighted by atomic mass is 10.1. The highest BCUT2D eigenvalue weighted by molar-refractivity contribution is 7.89. The molecule has 1 saturated heterocycles. The van der Waals surface area contributed by atoms with E-state index in [0.29, 0.717) is 18.0 Å². The first-order chi connectivity index (χ1) is 9.59. The predicted octanol–water partition coefficient (Wildman–Crippen LogP) is 2.01. The molecular formula is C15H24N2O2S. The van der Waals surface area contributed by atoms with Crippen LogP contribution in [0.4, 0.5) is 0 Å². The van der Waals surface area contributed by atoms with Crippen molar-refractivity contribution in [3.63, 3.8) is 0 Å². The van der Waals surface area contributed by atoms with Gasteiger partial charge in [0.1, 0.15) is 0 Å². The van der Waals surface area contributed by atoms with E-state index in [9.17, 15) is 8.42 Å². The summed E-state index contributed by atoms with van der Waals surface area (Å²) in [7, 11) is -1.48. The van der Waals surface area contributed by atoms with Gasteiger partial charge in [-0.05, 0) is 44.0 Å². The molecule has 1 aromatic carbocycles. The van der Waals surface area contributed by atoms with Crippen molar-refractivity contribution in [2.24, 2.45) is 0 Å². The second-order valence-corrected chi connectivity index (χ2v) is 7.25. The average molecular weight is 296 g/mol. The lowest BCUT2D eigenvalue weighted by molar-refractivity contribution is 0.379. The highest BCUT2D eigenvalue weighted by Gasteiger charge is 2.34. The predicted molar refractivity (Wildman–Crippen MR) is 81.3 cm³/mol. The van der Waals surface area contributed by atoms with Crippen molar-refractivity contribution in [2.45, 2.75) is 43.5 Å². The van der Waals surface area contributed by atoms with Gasteiger partial charge >= 0.3 is 0 Å². The van der Waals surface area contributed by atoms with Crippen LogP contribution in [0.5, 0.6) is 0 Å². The fourth-order valence-corrected chi connectivity index (χ4v) is 4.51. The molecule has 1 aliphatic heterocycles. The standard InChI is InChI=1S/C15H24N2O2S/c1-3-5-13-7-9-15(10-8-13)20(18,19)17-11-4-6-14(17)12-16-2/h7-10,14,16H,3-6,11-12H2,1-2H3. The number of hydrogen-bond acceptors (Lipinski definition) is 3. The molecule has 0 aromatic heterocycles. The summed E-state index contributed by atoms with van der Waals surface area (Å²) in [6.45, 7) is 3.47. The van der Waals surface area contributed by atoms with Crippen molar-refractivity contribution in [1.29, 1.82) is 0 Å². The van der Waals surface area contributed by atoms with Gasteiger partial charge in [-0.2, -0.15) is 4.31 Å². The smallest absolute Gasteiger partial charge is 0.243 e. The maximum absolute atomic E-state index is 12.7. The number of hydrogen-bond donors (Lipinski definition) is 1. The zero-order valence-electron chi connectivity index (χ0n) is 12.3. The third-order valence-corrected chi connectivity index (χ3v) is 5.80. The van der Waals surface area contributed by atoms with E-state index in [0.717, 1.165) is 25.7 Å². The molecule has 1 fully saturated rings. The number of benzene rings is 1. The quantitative estimate of drug-likeness (QED) is 0.873. The Hall–Kier alpha value is -0.910. The third-order valence-electron chi connectivity index (χ3n) is 3.83. The van der Waals surface area contributed by atoms with Gasteiger partial charge in [0.05, 0.1) is 4.90 Å². The first-order valence-corrected chi connectivity index (χ1v) is 8.79. The van der Waals surface area contributed by atoms with Crippen molar-refractivity contribution in [2.75, 3.05) is 20.1 Å². The molecular weight excluding hydrogens is 272 g/mol. The van der Waals surface area contributed by atoms with Gasteiger partial charge in [0.25, 0.3) is 0 Å². The molecule has 0 amide bonds. The van der Waals surface area contributed by atoms with Gasteiger partial charge in [-0.15, -0.1) is 0 Å². The van der Waals surface area contributed by atoms with Gasteiger partial charge in [0.15, 0.2) is 0 Å². The molecule has 1 unspecified atom stereocenters. The lowest BCUT2D eigenvalue weighted by Gasteiger charge is -2.24.